The van der Waals surface area contributed by atoms with Gasteiger partial charge in [-0.2, -0.15) is 0 Å². The summed E-state index contributed by atoms with van der Waals surface area (Å²) < 4.78 is 0. The minimum absolute atomic E-state index is 0.0492. The van der Waals surface area contributed by atoms with Crippen LogP contribution in [0.5, 0.6) is 0 Å². The van der Waals surface area contributed by atoms with Crippen LogP contribution in [-0.2, 0) is 0 Å². The zero-order valence-corrected chi connectivity index (χ0v) is 5.31. The van der Waals surface area contributed by atoms with Gasteiger partial charge in [-0.15, -0.1) is 0 Å². The summed E-state index contributed by atoms with van der Waals surface area (Å²) in [4.78, 5) is 5.29. The summed E-state index contributed by atoms with van der Waals surface area (Å²) in [5.74, 6) is 0.0492. The second-order valence-electron chi connectivity index (χ2n) is 1.76. The van der Waals surface area contributed by atoms with Crippen LogP contribution in [0.3, 0.4) is 0 Å². The van der Waals surface area contributed by atoms with Gasteiger partial charge in [0.15, 0.2) is 0 Å². The van der Waals surface area contributed by atoms with Crippen LogP contribution in [0, 0.1) is 0 Å². The zero-order chi connectivity index (χ0) is 7.40. The first-order valence-corrected chi connectivity index (χ1v) is 2.77. The predicted molar refractivity (Wildman–Crippen MR) is 37.7 cm³/mol. The van der Waals surface area contributed by atoms with Crippen molar-refractivity contribution in [1.29, 1.82) is 0 Å². The van der Waals surface area contributed by atoms with E-state index >= 15 is 0 Å². The highest BCUT2D eigenvalue weighted by Crippen LogP contribution is 1.91. The van der Waals surface area contributed by atoms with E-state index in [-0.39, 0.29) is 5.96 Å². The minimum Gasteiger partial charge on any atom is -0.408 e. The molecule has 1 aliphatic rings. The molecule has 0 aromatic heterocycles. The van der Waals surface area contributed by atoms with Gasteiger partial charge in [-0.25, -0.2) is 4.99 Å². The number of aliphatic imine (C=N–C) groups is 1. The summed E-state index contributed by atoms with van der Waals surface area (Å²) in [5, 5.41) is 11.0. The van der Waals surface area contributed by atoms with Crippen molar-refractivity contribution in [3.8, 4) is 0 Å². The summed E-state index contributed by atoms with van der Waals surface area (Å²) >= 11 is 0. The second-order valence-corrected chi connectivity index (χ2v) is 1.76. The third-order valence-corrected chi connectivity index (χ3v) is 1.10. The molecule has 10 heavy (non-hydrogen) atoms. The van der Waals surface area contributed by atoms with Crippen molar-refractivity contribution in [3.05, 3.63) is 12.3 Å². The highest BCUT2D eigenvalue weighted by atomic mass is 16.4. The number of hydrogen-bond acceptors (Lipinski definition) is 3. The normalized spacial score (nSPS) is 18.0. The molecule has 1 rings (SSSR count). The Hall–Kier alpha value is -1.52. The fourth-order valence-corrected chi connectivity index (χ4v) is 0.598. The van der Waals surface area contributed by atoms with Gasteiger partial charge < -0.3 is 10.9 Å². The van der Waals surface area contributed by atoms with Gasteiger partial charge in [0.2, 0.25) is 5.96 Å². The molecule has 3 N–H and O–H groups in total. The molecule has 0 fully saturated rings. The topological polar surface area (TPSA) is 74.2 Å². The van der Waals surface area contributed by atoms with E-state index < -0.39 is 0 Å². The van der Waals surface area contributed by atoms with Gasteiger partial charge >= 0.3 is 0 Å². The molecule has 0 aromatic rings. The molecule has 0 spiro atoms. The summed E-state index contributed by atoms with van der Waals surface area (Å²) in [6, 6.07) is 0. The molecule has 0 aromatic carbocycles. The van der Waals surface area contributed by atoms with Crippen LogP contribution in [0.15, 0.2) is 22.4 Å². The Labute approximate surface area is 58.1 Å². The molecular weight excluding hydrogens is 132 g/mol. The molecule has 54 valence electrons. The van der Waals surface area contributed by atoms with E-state index in [2.05, 4.69) is 10.1 Å². The summed E-state index contributed by atoms with van der Waals surface area (Å²) in [7, 11) is 0. The average Bonchev–Trinajstić information content (AvgIpc) is 2.05. The summed E-state index contributed by atoms with van der Waals surface area (Å²) in [6.45, 7) is 0.597. The van der Waals surface area contributed by atoms with Gasteiger partial charge in [0, 0.05) is 12.7 Å². The Morgan fingerprint density at radius 3 is 3.10 bits per heavy atom. The molecule has 0 saturated carbocycles. The smallest absolute Gasteiger partial charge is 0.238 e. The lowest BCUT2D eigenvalue weighted by Gasteiger charge is -2.15. The largest absolute Gasteiger partial charge is 0.408 e. The Kier molecular flexibility index (Phi) is 1.89. The molecule has 0 atom stereocenters. The van der Waals surface area contributed by atoms with Gasteiger partial charge in [-0.05, 0) is 6.08 Å². The molecule has 0 amide bonds. The lowest BCUT2D eigenvalue weighted by Crippen LogP contribution is -2.37. The van der Waals surface area contributed by atoms with Crippen LogP contribution in [0.1, 0.15) is 0 Å². The first kappa shape index (κ1) is 6.60. The van der Waals surface area contributed by atoms with Crippen LogP contribution in [0.25, 0.3) is 0 Å². The number of nitrogens with two attached hydrogens (primary N) is 1. The molecule has 1 aliphatic heterocycles. The molecule has 5 nitrogen and oxygen atoms in total. The third kappa shape index (κ3) is 1.25. The van der Waals surface area contributed by atoms with Gasteiger partial charge in [-0.1, -0.05) is 5.16 Å². The van der Waals surface area contributed by atoms with Gasteiger partial charge in [-0.3, -0.25) is 4.90 Å². The zero-order valence-electron chi connectivity index (χ0n) is 5.31. The molecule has 0 bridgehead atoms. The van der Waals surface area contributed by atoms with Crippen LogP contribution < -0.4 is 5.73 Å². The monoisotopic (exact) mass is 140 g/mol. The van der Waals surface area contributed by atoms with Gasteiger partial charge in [0.05, 0.1) is 6.34 Å². The average molecular weight is 140 g/mol. The SMILES string of the molecule is NC(=NO)N1C=NC=CC1. The molecule has 0 unspecified atom stereocenters. The fraction of sp³-hybridized carbons (Fsp3) is 0.200. The van der Waals surface area contributed by atoms with Gasteiger partial charge in [0.1, 0.15) is 0 Å². The van der Waals surface area contributed by atoms with Crippen molar-refractivity contribution in [2.45, 2.75) is 0 Å². The minimum atomic E-state index is 0.0492. The highest BCUT2D eigenvalue weighted by Gasteiger charge is 2.03. The van der Waals surface area contributed by atoms with E-state index in [9.17, 15) is 0 Å². The Morgan fingerprint density at radius 2 is 2.60 bits per heavy atom. The maximum Gasteiger partial charge on any atom is 0.238 e. The van der Waals surface area contributed by atoms with E-state index in [0.29, 0.717) is 6.54 Å². The highest BCUT2D eigenvalue weighted by molar-refractivity contribution is 5.89. The number of guanidine groups is 1. The lowest BCUT2D eigenvalue weighted by molar-refractivity contribution is 0.311. The Morgan fingerprint density at radius 1 is 1.80 bits per heavy atom. The van der Waals surface area contributed by atoms with E-state index in [0.717, 1.165) is 0 Å². The molecule has 0 saturated heterocycles. The van der Waals surface area contributed by atoms with Crippen LogP contribution in [-0.4, -0.2) is 29.0 Å². The van der Waals surface area contributed by atoms with Crippen molar-refractivity contribution in [1.82, 2.24) is 4.90 Å². The second kappa shape index (κ2) is 2.86. The number of oxime groups is 1. The molecule has 1 heterocycles. The third-order valence-electron chi connectivity index (χ3n) is 1.10. The molecule has 0 aliphatic carbocycles. The van der Waals surface area contributed by atoms with Gasteiger partial charge in [0.25, 0.3) is 0 Å². The van der Waals surface area contributed by atoms with Crippen molar-refractivity contribution in [2.75, 3.05) is 6.54 Å². The van der Waals surface area contributed by atoms with Crippen molar-refractivity contribution < 1.29 is 5.21 Å². The predicted octanol–water partition coefficient (Wildman–Crippen LogP) is -0.452. The number of hydrogen-bond donors (Lipinski definition) is 2. The summed E-state index contributed by atoms with van der Waals surface area (Å²) in [6.07, 6.45) is 4.95. The Balaban J connectivity index is 2.59. The first-order valence-electron chi connectivity index (χ1n) is 2.77. The maximum atomic E-state index is 8.22. The van der Waals surface area contributed by atoms with Crippen molar-refractivity contribution >= 4 is 12.3 Å². The fourth-order valence-electron chi connectivity index (χ4n) is 0.598. The lowest BCUT2D eigenvalue weighted by atomic mass is 10.5. The van der Waals surface area contributed by atoms with Crippen LogP contribution in [0.2, 0.25) is 0 Å². The van der Waals surface area contributed by atoms with Crippen molar-refractivity contribution in [3.63, 3.8) is 0 Å². The van der Waals surface area contributed by atoms with E-state index in [1.165, 1.54) is 11.2 Å². The van der Waals surface area contributed by atoms with E-state index in [4.69, 9.17) is 10.9 Å². The quantitative estimate of drug-likeness (QED) is 0.207. The maximum absolute atomic E-state index is 8.22. The van der Waals surface area contributed by atoms with Crippen LogP contribution in [0.4, 0.5) is 0 Å². The Bertz CT molecular complexity index is 196. The molecule has 0 radical (unpaired) electrons. The summed E-state index contributed by atoms with van der Waals surface area (Å²) in [5.41, 5.74) is 5.25. The van der Waals surface area contributed by atoms with E-state index in [1.54, 1.807) is 12.3 Å². The standard InChI is InChI=1S/C5H8N4O/c6-5(8-10)9-3-1-2-7-4-9/h1-2,4,10H,3H2,(H2,6,8). The number of nitrogens with zero attached hydrogens (tertiary/aromatic N) is 3. The molecular formula is C5H8N4O. The van der Waals surface area contributed by atoms with Crippen LogP contribution >= 0.6 is 0 Å². The van der Waals surface area contributed by atoms with E-state index in [1.807, 2.05) is 0 Å². The first-order chi connectivity index (χ1) is 4.84. The molecule has 5 heteroatoms. The number of rotatable bonds is 0. The van der Waals surface area contributed by atoms with Crippen molar-refractivity contribution in [2.24, 2.45) is 15.9 Å².